The third-order valence-electron chi connectivity index (χ3n) is 8.68. The first-order chi connectivity index (χ1) is 18.2. The molecule has 3 fully saturated rings. The van der Waals surface area contributed by atoms with Crippen molar-refractivity contribution in [3.05, 3.63) is 69.1 Å². The van der Waals surface area contributed by atoms with E-state index in [0.717, 1.165) is 43.9 Å². The summed E-state index contributed by atoms with van der Waals surface area (Å²) in [6, 6.07) is 11.5. The lowest BCUT2D eigenvalue weighted by Gasteiger charge is -2.31. The fourth-order valence-corrected chi connectivity index (χ4v) is 6.78. The number of carbonyl (C=O) groups excluding carboxylic acids is 3. The van der Waals surface area contributed by atoms with Crippen molar-refractivity contribution in [1.82, 2.24) is 20.1 Å². The lowest BCUT2D eigenvalue weighted by molar-refractivity contribution is -0.127. The van der Waals surface area contributed by atoms with Crippen LogP contribution in [0.15, 0.2) is 41.2 Å². The van der Waals surface area contributed by atoms with Crippen LogP contribution in [0.25, 0.3) is 0 Å². The zero-order valence-corrected chi connectivity index (χ0v) is 22.5. The first-order valence-electron chi connectivity index (χ1n) is 13.8. The number of carbonyl (C=O) groups is 3. The number of ketones is 1. The van der Waals surface area contributed by atoms with E-state index in [2.05, 4.69) is 34.3 Å². The lowest BCUT2D eigenvalue weighted by Crippen LogP contribution is -2.41. The molecule has 2 N–H and O–H groups in total. The number of H-pyrrole nitrogens is 1. The summed E-state index contributed by atoms with van der Waals surface area (Å²) in [7, 11) is 0. The van der Waals surface area contributed by atoms with Gasteiger partial charge in [-0.3, -0.25) is 19.2 Å². The fraction of sp³-hybridized carbons (Fsp3) is 0.533. The van der Waals surface area contributed by atoms with Gasteiger partial charge >= 0.3 is 0 Å². The second-order valence-electron chi connectivity index (χ2n) is 11.6. The highest BCUT2D eigenvalue weighted by atomic mass is 16.2. The molecule has 1 aliphatic carbocycles. The summed E-state index contributed by atoms with van der Waals surface area (Å²) in [5, 5.41) is 3.28. The Labute approximate surface area is 223 Å². The van der Waals surface area contributed by atoms with Crippen molar-refractivity contribution in [3.8, 4) is 0 Å². The molecular weight excluding hydrogens is 480 g/mol. The summed E-state index contributed by atoms with van der Waals surface area (Å²) in [4.78, 5) is 57.0. The average Bonchev–Trinajstić information content (AvgIpc) is 3.57. The van der Waals surface area contributed by atoms with Crippen LogP contribution in [0.5, 0.6) is 0 Å². The van der Waals surface area contributed by atoms with Crippen LogP contribution in [-0.4, -0.2) is 65.1 Å². The van der Waals surface area contributed by atoms with E-state index < -0.39 is 0 Å². The number of rotatable bonds is 7. The number of aryl methyl sites for hydroxylation is 2. The van der Waals surface area contributed by atoms with Gasteiger partial charge in [-0.1, -0.05) is 37.3 Å². The Morgan fingerprint density at radius 1 is 1.05 bits per heavy atom. The first-order valence-corrected chi connectivity index (χ1v) is 13.8. The number of amides is 2. The molecule has 8 heteroatoms. The zero-order chi connectivity index (χ0) is 27.0. The monoisotopic (exact) mass is 518 g/mol. The smallest absolute Gasteiger partial charge is 0.255 e. The fourth-order valence-electron chi connectivity index (χ4n) is 6.78. The molecular formula is C30H38N4O4. The first kappa shape index (κ1) is 26.4. The number of hydrogen-bond donors (Lipinski definition) is 2. The largest absolute Gasteiger partial charge is 0.349 e. The van der Waals surface area contributed by atoms with Crippen LogP contribution >= 0.6 is 0 Å². The maximum absolute atomic E-state index is 13.3. The minimum atomic E-state index is -0.217. The molecule has 1 saturated carbocycles. The van der Waals surface area contributed by atoms with Gasteiger partial charge in [0, 0.05) is 63.2 Å². The van der Waals surface area contributed by atoms with Gasteiger partial charge in [0.2, 0.25) is 11.5 Å². The number of aromatic nitrogens is 1. The van der Waals surface area contributed by atoms with Gasteiger partial charge < -0.3 is 20.1 Å². The molecule has 202 valence electrons. The summed E-state index contributed by atoms with van der Waals surface area (Å²) in [6.07, 6.45) is 1.50. The van der Waals surface area contributed by atoms with E-state index in [0.29, 0.717) is 42.4 Å². The van der Waals surface area contributed by atoms with Gasteiger partial charge in [0.1, 0.15) is 5.78 Å². The van der Waals surface area contributed by atoms with Gasteiger partial charge in [-0.25, -0.2) is 0 Å². The number of fused-ring (bicyclic) bond motifs is 1. The summed E-state index contributed by atoms with van der Waals surface area (Å²) < 4.78 is 0. The Kier molecular flexibility index (Phi) is 7.52. The van der Waals surface area contributed by atoms with Crippen LogP contribution in [0.1, 0.15) is 59.4 Å². The van der Waals surface area contributed by atoms with Gasteiger partial charge in [0.25, 0.3) is 5.91 Å². The Balaban J connectivity index is 1.21. The van der Waals surface area contributed by atoms with Crippen LogP contribution in [0, 0.1) is 37.5 Å². The molecule has 0 radical (unpaired) electrons. The second kappa shape index (κ2) is 10.8. The summed E-state index contributed by atoms with van der Waals surface area (Å²) in [5.41, 5.74) is 2.87. The quantitative estimate of drug-likeness (QED) is 0.587. The number of Topliss-reactive ketones (excluding diaryl/α,β-unsaturated/α-hetero) is 1. The highest BCUT2D eigenvalue weighted by Gasteiger charge is 2.43. The molecule has 5 rings (SSSR count). The van der Waals surface area contributed by atoms with Crippen molar-refractivity contribution in [2.75, 3.05) is 32.7 Å². The Bertz CT molecular complexity index is 1230. The minimum Gasteiger partial charge on any atom is -0.349 e. The number of hydrogen-bond acceptors (Lipinski definition) is 5. The average molecular weight is 519 g/mol. The van der Waals surface area contributed by atoms with E-state index >= 15 is 0 Å². The van der Waals surface area contributed by atoms with Crippen LogP contribution in [0.4, 0.5) is 0 Å². The number of nitrogens with one attached hydrogen (secondary N) is 2. The standard InChI is InChI=1S/C30H38N4O4/c1-18-11-26(36)31-20(3)27(18)30(38)34-16-23-14-33(15-24(23)17-34)13-19(2)28(21-7-5-4-6-8-21)32-29(37)22-9-10-25(35)12-22/h4-8,11,19,22-24,28H,9-10,12-17H2,1-3H3,(H,31,36)(H,32,37)/t19?,22?,23?,24?,28-/m0/s1. The normalized spacial score (nSPS) is 24.9. The van der Waals surface area contributed by atoms with Gasteiger partial charge in [-0.15, -0.1) is 0 Å². The van der Waals surface area contributed by atoms with Crippen molar-refractivity contribution in [3.63, 3.8) is 0 Å². The molecule has 2 amide bonds. The van der Waals surface area contributed by atoms with Gasteiger partial charge in [-0.2, -0.15) is 0 Å². The SMILES string of the molecule is Cc1cc(=O)[nH]c(C)c1C(=O)N1CC2CN(CC(C)[C@H](NC(=O)C3CCC(=O)C3)c3ccccc3)CC2C1. The highest BCUT2D eigenvalue weighted by Crippen LogP contribution is 2.34. The molecule has 1 aromatic carbocycles. The maximum atomic E-state index is 13.3. The second-order valence-corrected chi connectivity index (χ2v) is 11.6. The number of aromatic amines is 1. The van der Waals surface area contributed by atoms with E-state index in [4.69, 9.17) is 0 Å². The number of pyridine rings is 1. The topological polar surface area (TPSA) is 103 Å². The molecule has 0 bridgehead atoms. The highest BCUT2D eigenvalue weighted by molar-refractivity contribution is 5.96. The molecule has 38 heavy (non-hydrogen) atoms. The molecule has 3 aliphatic rings. The van der Waals surface area contributed by atoms with Crippen molar-refractivity contribution in [2.24, 2.45) is 23.7 Å². The summed E-state index contributed by atoms with van der Waals surface area (Å²) in [6.45, 7) is 9.94. The van der Waals surface area contributed by atoms with Gasteiger partial charge in [0.15, 0.2) is 0 Å². The van der Waals surface area contributed by atoms with E-state index in [1.165, 1.54) is 6.07 Å². The summed E-state index contributed by atoms with van der Waals surface area (Å²) in [5.74, 6) is 0.968. The van der Waals surface area contributed by atoms with Gasteiger partial charge in [-0.05, 0) is 49.1 Å². The van der Waals surface area contributed by atoms with Crippen molar-refractivity contribution < 1.29 is 14.4 Å². The van der Waals surface area contributed by atoms with E-state index in [1.807, 2.05) is 30.0 Å². The van der Waals surface area contributed by atoms with Crippen molar-refractivity contribution in [2.45, 2.75) is 46.1 Å². The van der Waals surface area contributed by atoms with Crippen molar-refractivity contribution in [1.29, 1.82) is 0 Å². The third-order valence-corrected chi connectivity index (χ3v) is 8.68. The molecule has 1 aromatic heterocycles. The molecule has 0 spiro atoms. The Morgan fingerprint density at radius 3 is 2.34 bits per heavy atom. The molecule has 3 heterocycles. The number of benzene rings is 1. The Morgan fingerprint density at radius 2 is 1.74 bits per heavy atom. The molecule has 2 saturated heterocycles. The molecule has 5 atom stereocenters. The van der Waals surface area contributed by atoms with Crippen LogP contribution in [0.3, 0.4) is 0 Å². The van der Waals surface area contributed by atoms with Crippen molar-refractivity contribution >= 4 is 17.6 Å². The predicted octanol–water partition coefficient (Wildman–Crippen LogP) is 2.86. The predicted molar refractivity (Wildman–Crippen MR) is 145 cm³/mol. The van der Waals surface area contributed by atoms with Crippen LogP contribution in [-0.2, 0) is 9.59 Å². The Hall–Kier alpha value is -3.26. The molecule has 2 aliphatic heterocycles. The zero-order valence-electron chi connectivity index (χ0n) is 22.5. The number of likely N-dealkylation sites (tertiary alicyclic amines) is 2. The van der Waals surface area contributed by atoms with E-state index in [9.17, 15) is 19.2 Å². The minimum absolute atomic E-state index is 0.00261. The lowest BCUT2D eigenvalue weighted by atomic mass is 9.93. The molecule has 2 aromatic rings. The molecule has 4 unspecified atom stereocenters. The third kappa shape index (κ3) is 5.46. The maximum Gasteiger partial charge on any atom is 0.255 e. The van der Waals surface area contributed by atoms with E-state index in [-0.39, 0.29) is 41.0 Å². The molecule has 8 nitrogen and oxygen atoms in total. The van der Waals surface area contributed by atoms with E-state index in [1.54, 1.807) is 6.92 Å². The van der Waals surface area contributed by atoms with Crippen LogP contribution < -0.4 is 10.9 Å². The van der Waals surface area contributed by atoms with Crippen LogP contribution in [0.2, 0.25) is 0 Å². The number of nitrogens with zero attached hydrogens (tertiary/aromatic N) is 2. The summed E-state index contributed by atoms with van der Waals surface area (Å²) >= 11 is 0. The van der Waals surface area contributed by atoms with Gasteiger partial charge in [0.05, 0.1) is 11.6 Å².